The van der Waals surface area contributed by atoms with E-state index in [1.54, 1.807) is 61.9 Å². The van der Waals surface area contributed by atoms with Crippen molar-refractivity contribution >= 4 is 36.3 Å². The molecule has 2 aromatic heterocycles. The highest BCUT2D eigenvalue weighted by Crippen LogP contribution is 2.23. The highest BCUT2D eigenvalue weighted by Gasteiger charge is 2.37. The molecule has 0 N–H and O–H groups in total. The number of hydrogen-bond acceptors (Lipinski definition) is 14. The molecule has 2 aliphatic heterocycles. The van der Waals surface area contributed by atoms with Crippen LogP contribution in [0.3, 0.4) is 0 Å². The molecule has 4 amide bonds. The molecular weight excluding hydrogens is 929 g/mol. The Morgan fingerprint density at radius 3 is 1.44 bits per heavy atom. The minimum Gasteiger partial charge on any atom is -0.461 e. The van der Waals surface area contributed by atoms with Gasteiger partial charge in [-0.15, -0.1) is 0 Å². The number of carbonyl (C=O) groups is 6. The Kier molecular flexibility index (Phi) is 20.0. The molecule has 392 valence electrons. The molecule has 2 fully saturated rings. The molecule has 0 aliphatic carbocycles. The van der Waals surface area contributed by atoms with E-state index in [1.807, 2.05) is 109 Å². The Morgan fingerprint density at radius 2 is 1.00 bits per heavy atom. The standard InChI is InChI=1S/2C26H36N4O6/c1-6-34-23(31)22-16-19(2)30(27-22)13-12-21-17-28(14-15-29(21)25(33)36-26(3,4)5)24(32)35-18-20-10-8-7-9-11-20;1-6-34-23(31)22-16-19(2)27-30(22)13-12-21-17-28(14-15-29(21)25(33)36-26(3,4)5)24(32)35-18-20-10-8-7-9-11-20/h2*7-11,16,21H,6,12-15,17-18H2,1-5H3/t2*21-/m11/s1. The van der Waals surface area contributed by atoms with Crippen LogP contribution in [0.15, 0.2) is 72.8 Å². The number of carbonyl (C=O) groups excluding carboxylic acids is 6. The fourth-order valence-electron chi connectivity index (χ4n) is 7.95. The van der Waals surface area contributed by atoms with Crippen molar-refractivity contribution < 1.29 is 57.2 Å². The van der Waals surface area contributed by atoms with Gasteiger partial charge in [-0.05, 0) is 105 Å². The summed E-state index contributed by atoms with van der Waals surface area (Å²) < 4.78 is 35.7. The van der Waals surface area contributed by atoms with Crippen LogP contribution < -0.4 is 0 Å². The van der Waals surface area contributed by atoms with Crippen LogP contribution in [0.25, 0.3) is 0 Å². The molecule has 0 spiro atoms. The lowest BCUT2D eigenvalue weighted by molar-refractivity contribution is -0.00561. The van der Waals surface area contributed by atoms with Gasteiger partial charge in [-0.25, -0.2) is 28.8 Å². The fourth-order valence-corrected chi connectivity index (χ4v) is 7.95. The minimum atomic E-state index is -0.649. The molecule has 2 saturated heterocycles. The third-order valence-electron chi connectivity index (χ3n) is 11.3. The Labute approximate surface area is 422 Å². The Balaban J connectivity index is 0.000000267. The second-order valence-corrected chi connectivity index (χ2v) is 19.4. The van der Waals surface area contributed by atoms with Gasteiger partial charge in [0.15, 0.2) is 5.69 Å². The molecule has 2 aromatic carbocycles. The van der Waals surface area contributed by atoms with E-state index >= 15 is 0 Å². The summed E-state index contributed by atoms with van der Waals surface area (Å²) in [4.78, 5) is 82.4. The van der Waals surface area contributed by atoms with Crippen LogP contribution in [0.4, 0.5) is 19.2 Å². The van der Waals surface area contributed by atoms with Crippen molar-refractivity contribution in [2.45, 2.75) is 132 Å². The van der Waals surface area contributed by atoms with E-state index in [0.717, 1.165) is 16.8 Å². The van der Waals surface area contributed by atoms with Gasteiger partial charge in [-0.2, -0.15) is 10.2 Å². The smallest absolute Gasteiger partial charge is 0.410 e. The number of amides is 4. The molecule has 6 rings (SSSR count). The first-order valence-electron chi connectivity index (χ1n) is 24.5. The van der Waals surface area contributed by atoms with E-state index < -0.39 is 47.5 Å². The van der Waals surface area contributed by atoms with Crippen LogP contribution in [0.5, 0.6) is 0 Å². The summed E-state index contributed by atoms with van der Waals surface area (Å²) in [5, 5.41) is 8.78. The van der Waals surface area contributed by atoms with Crippen molar-refractivity contribution in [2.75, 3.05) is 52.5 Å². The fraction of sp³-hybridized carbons (Fsp3) is 0.538. The van der Waals surface area contributed by atoms with E-state index in [2.05, 4.69) is 10.2 Å². The SMILES string of the molecule is CCOC(=O)c1cc(C)n(CC[C@@H]2CN(C(=O)OCc3ccccc3)CCN2C(=O)OC(C)(C)C)n1.CCOC(=O)c1cc(C)nn1CC[C@@H]1CN(C(=O)OCc2ccccc2)CCN1C(=O)OC(C)(C)C. The van der Waals surface area contributed by atoms with Gasteiger partial charge >= 0.3 is 36.3 Å². The average molecular weight is 1000 g/mol. The van der Waals surface area contributed by atoms with E-state index in [1.165, 1.54) is 0 Å². The van der Waals surface area contributed by atoms with Crippen molar-refractivity contribution in [3.8, 4) is 0 Å². The summed E-state index contributed by atoms with van der Waals surface area (Å²) in [7, 11) is 0. The molecule has 4 heterocycles. The number of aromatic nitrogens is 4. The second kappa shape index (κ2) is 25.8. The predicted molar refractivity (Wildman–Crippen MR) is 265 cm³/mol. The summed E-state index contributed by atoms with van der Waals surface area (Å²) in [6, 6.07) is 21.6. The molecule has 2 aliphatic rings. The van der Waals surface area contributed by atoms with Gasteiger partial charge in [0.1, 0.15) is 30.1 Å². The highest BCUT2D eigenvalue weighted by molar-refractivity contribution is 5.88. The molecule has 4 aromatic rings. The van der Waals surface area contributed by atoms with Gasteiger partial charge in [-0.1, -0.05) is 60.7 Å². The van der Waals surface area contributed by atoms with Crippen molar-refractivity contribution in [1.29, 1.82) is 0 Å². The molecule has 72 heavy (non-hydrogen) atoms. The largest absolute Gasteiger partial charge is 0.461 e. The third kappa shape index (κ3) is 17.0. The monoisotopic (exact) mass is 1000 g/mol. The van der Waals surface area contributed by atoms with Gasteiger partial charge in [0.25, 0.3) is 0 Å². The number of esters is 2. The Morgan fingerprint density at radius 1 is 0.556 bits per heavy atom. The summed E-state index contributed by atoms with van der Waals surface area (Å²) in [5.41, 5.74) is 2.61. The summed E-state index contributed by atoms with van der Waals surface area (Å²) in [6.07, 6.45) is -0.759. The molecule has 2 atom stereocenters. The lowest BCUT2D eigenvalue weighted by atomic mass is 10.1. The van der Waals surface area contributed by atoms with E-state index in [-0.39, 0.29) is 50.7 Å². The van der Waals surface area contributed by atoms with Gasteiger partial charge in [-0.3, -0.25) is 9.36 Å². The van der Waals surface area contributed by atoms with E-state index in [0.29, 0.717) is 70.0 Å². The number of rotatable bonds is 14. The van der Waals surface area contributed by atoms with Gasteiger partial charge in [0.2, 0.25) is 0 Å². The molecule has 20 heteroatoms. The Hall–Kier alpha value is -7.12. The summed E-state index contributed by atoms with van der Waals surface area (Å²) >= 11 is 0. The molecule has 0 radical (unpaired) electrons. The molecule has 0 saturated carbocycles. The molecule has 20 nitrogen and oxygen atoms in total. The van der Waals surface area contributed by atoms with Gasteiger partial charge in [0.05, 0.1) is 31.0 Å². The number of piperazine rings is 2. The number of aryl methyl sites for hydroxylation is 4. The van der Waals surface area contributed by atoms with Crippen LogP contribution in [0, 0.1) is 13.8 Å². The van der Waals surface area contributed by atoms with Crippen LogP contribution >= 0.6 is 0 Å². The maximum atomic E-state index is 13.0. The third-order valence-corrected chi connectivity index (χ3v) is 11.3. The zero-order chi connectivity index (χ0) is 52.6. The summed E-state index contributed by atoms with van der Waals surface area (Å²) in [6.45, 7) is 21.6. The average Bonchev–Trinajstić information content (AvgIpc) is 3.91. The zero-order valence-corrected chi connectivity index (χ0v) is 43.5. The second-order valence-electron chi connectivity index (χ2n) is 19.4. The van der Waals surface area contributed by atoms with Gasteiger partial charge in [0, 0.05) is 58.1 Å². The first-order chi connectivity index (χ1) is 34.1. The zero-order valence-electron chi connectivity index (χ0n) is 43.5. The first kappa shape index (κ1) is 55.8. The lowest BCUT2D eigenvalue weighted by Crippen LogP contribution is -2.57. The number of benzene rings is 2. The van der Waals surface area contributed by atoms with Crippen LogP contribution in [0.2, 0.25) is 0 Å². The maximum Gasteiger partial charge on any atom is 0.410 e. The molecule has 0 bridgehead atoms. The summed E-state index contributed by atoms with van der Waals surface area (Å²) in [5.74, 6) is -0.920. The van der Waals surface area contributed by atoms with E-state index in [9.17, 15) is 28.8 Å². The topological polar surface area (TPSA) is 206 Å². The molecule has 0 unspecified atom stereocenters. The number of nitrogens with zero attached hydrogens (tertiary/aromatic N) is 8. The highest BCUT2D eigenvalue weighted by atomic mass is 16.6. The van der Waals surface area contributed by atoms with Crippen molar-refractivity contribution in [2.24, 2.45) is 0 Å². The first-order valence-corrected chi connectivity index (χ1v) is 24.5. The number of ether oxygens (including phenoxy) is 6. The van der Waals surface area contributed by atoms with E-state index in [4.69, 9.17) is 28.4 Å². The normalized spacial score (nSPS) is 16.0. The lowest BCUT2D eigenvalue weighted by Gasteiger charge is -2.41. The van der Waals surface area contributed by atoms with Crippen molar-refractivity contribution in [1.82, 2.24) is 39.2 Å². The van der Waals surface area contributed by atoms with Crippen LogP contribution in [-0.2, 0) is 54.7 Å². The predicted octanol–water partition coefficient (Wildman–Crippen LogP) is 8.03. The van der Waals surface area contributed by atoms with Crippen molar-refractivity contribution in [3.05, 3.63) is 107 Å². The van der Waals surface area contributed by atoms with Gasteiger partial charge < -0.3 is 48.0 Å². The van der Waals surface area contributed by atoms with Crippen LogP contribution in [0.1, 0.15) is 112 Å². The Bertz CT molecular complexity index is 2430. The number of hydrogen-bond donors (Lipinski definition) is 0. The molecular formula is C52H72N8O12. The van der Waals surface area contributed by atoms with Crippen molar-refractivity contribution in [3.63, 3.8) is 0 Å². The quantitative estimate of drug-likeness (QED) is 0.0866. The maximum absolute atomic E-state index is 13.0. The van der Waals surface area contributed by atoms with Crippen LogP contribution in [-0.4, -0.2) is 151 Å². The minimum absolute atomic E-state index is 0.173.